The molecule has 0 amide bonds. The van der Waals surface area contributed by atoms with Gasteiger partial charge in [-0.1, -0.05) is 41.4 Å². The van der Waals surface area contributed by atoms with Crippen molar-refractivity contribution in [3.05, 3.63) is 81.0 Å². The van der Waals surface area contributed by atoms with E-state index in [1.165, 1.54) is 11.6 Å². The van der Waals surface area contributed by atoms with Crippen LogP contribution in [0, 0.1) is 13.8 Å². The minimum atomic E-state index is -0.0474. The first-order valence-electron chi connectivity index (χ1n) is 7.74. The lowest BCUT2D eigenvalue weighted by atomic mass is 10.0. The highest BCUT2D eigenvalue weighted by atomic mass is 35.5. The Hall–Kier alpha value is -2.36. The Morgan fingerprint density at radius 1 is 1.00 bits per heavy atom. The molecule has 0 aliphatic rings. The Morgan fingerprint density at radius 3 is 2.52 bits per heavy atom. The predicted molar refractivity (Wildman–Crippen MR) is 103 cm³/mol. The molecule has 3 nitrogen and oxygen atoms in total. The summed E-state index contributed by atoms with van der Waals surface area (Å²) < 4.78 is 0. The molecule has 126 valence electrons. The van der Waals surface area contributed by atoms with Crippen LogP contribution in [0.5, 0.6) is 0 Å². The topological polar surface area (TPSA) is 45.8 Å². The Balaban J connectivity index is 1.78. The SMILES string of the molecule is Cc1ccc(C(=O)/C=C/c2cc(-c3ccc(Cl)c(Cl)c3)n[nH]2)cc1C. The van der Waals surface area contributed by atoms with Gasteiger partial charge in [-0.2, -0.15) is 5.10 Å². The van der Waals surface area contributed by atoms with Crippen LogP contribution in [0.25, 0.3) is 17.3 Å². The van der Waals surface area contributed by atoms with Crippen molar-refractivity contribution in [2.45, 2.75) is 13.8 Å². The summed E-state index contributed by atoms with van der Waals surface area (Å²) in [6.45, 7) is 4.02. The third-order valence-corrected chi connectivity index (χ3v) is 4.76. The summed E-state index contributed by atoms with van der Waals surface area (Å²) in [4.78, 5) is 12.3. The molecule has 2 aromatic carbocycles. The maximum atomic E-state index is 12.3. The van der Waals surface area contributed by atoms with Crippen molar-refractivity contribution in [1.82, 2.24) is 10.2 Å². The van der Waals surface area contributed by atoms with Gasteiger partial charge in [-0.3, -0.25) is 9.89 Å². The molecule has 3 aromatic rings. The van der Waals surface area contributed by atoms with Crippen LogP contribution < -0.4 is 0 Å². The number of aryl methyl sites for hydroxylation is 2. The largest absolute Gasteiger partial charge is 0.289 e. The standard InChI is InChI=1S/C20H16Cl2N2O/c1-12-3-4-15(9-13(12)2)20(25)8-6-16-11-19(24-23-16)14-5-7-17(21)18(22)10-14/h3-11H,1-2H3,(H,23,24)/b8-6+. The van der Waals surface area contributed by atoms with Gasteiger partial charge in [-0.15, -0.1) is 0 Å². The Kier molecular flexibility index (Phi) is 5.07. The summed E-state index contributed by atoms with van der Waals surface area (Å²) in [7, 11) is 0. The number of H-pyrrole nitrogens is 1. The van der Waals surface area contributed by atoms with E-state index in [1.807, 2.05) is 44.2 Å². The molecule has 0 bridgehead atoms. The first kappa shape index (κ1) is 17.5. The number of nitrogens with one attached hydrogen (secondary N) is 1. The van der Waals surface area contributed by atoms with Crippen molar-refractivity contribution < 1.29 is 4.79 Å². The van der Waals surface area contributed by atoms with Crippen molar-refractivity contribution in [1.29, 1.82) is 0 Å². The van der Waals surface area contributed by atoms with Gasteiger partial charge in [0.05, 0.1) is 21.4 Å². The Bertz CT molecular complexity index is 974. The molecule has 0 saturated heterocycles. The summed E-state index contributed by atoms with van der Waals surface area (Å²) >= 11 is 12.0. The van der Waals surface area contributed by atoms with Crippen molar-refractivity contribution in [2.24, 2.45) is 0 Å². The molecule has 1 aromatic heterocycles. The van der Waals surface area contributed by atoms with Gasteiger partial charge in [0.1, 0.15) is 0 Å². The highest BCUT2D eigenvalue weighted by Gasteiger charge is 2.07. The fraction of sp³-hybridized carbons (Fsp3) is 0.100. The average molecular weight is 371 g/mol. The van der Waals surface area contributed by atoms with Gasteiger partial charge in [0, 0.05) is 11.1 Å². The minimum absolute atomic E-state index is 0.0474. The first-order chi connectivity index (χ1) is 11.9. The van der Waals surface area contributed by atoms with Crippen LogP contribution >= 0.6 is 23.2 Å². The van der Waals surface area contributed by atoms with Gasteiger partial charge in [0.25, 0.3) is 0 Å². The third-order valence-electron chi connectivity index (χ3n) is 4.02. The predicted octanol–water partition coefficient (Wildman–Crippen LogP) is 5.90. The molecule has 0 spiro atoms. The molecule has 1 N–H and O–H groups in total. The minimum Gasteiger partial charge on any atom is -0.289 e. The maximum absolute atomic E-state index is 12.3. The number of benzene rings is 2. The van der Waals surface area contributed by atoms with Crippen molar-refractivity contribution in [3.8, 4) is 11.3 Å². The first-order valence-corrected chi connectivity index (χ1v) is 8.50. The van der Waals surface area contributed by atoms with Crippen LogP contribution in [-0.4, -0.2) is 16.0 Å². The normalized spacial score (nSPS) is 11.2. The number of carbonyl (C=O) groups excluding carboxylic acids is 1. The lowest BCUT2D eigenvalue weighted by Crippen LogP contribution is -1.95. The van der Waals surface area contributed by atoms with E-state index in [1.54, 1.807) is 18.2 Å². The highest BCUT2D eigenvalue weighted by molar-refractivity contribution is 6.42. The van der Waals surface area contributed by atoms with E-state index in [2.05, 4.69) is 10.2 Å². The number of rotatable bonds is 4. The molecule has 0 atom stereocenters. The quantitative estimate of drug-likeness (QED) is 0.459. The Morgan fingerprint density at radius 2 is 1.80 bits per heavy atom. The van der Waals surface area contributed by atoms with Crippen molar-refractivity contribution >= 4 is 35.1 Å². The average Bonchev–Trinajstić information content (AvgIpc) is 3.06. The third kappa shape index (κ3) is 4.01. The van der Waals surface area contributed by atoms with Crippen molar-refractivity contribution in [3.63, 3.8) is 0 Å². The molecule has 0 unspecified atom stereocenters. The molecule has 25 heavy (non-hydrogen) atoms. The van der Waals surface area contributed by atoms with E-state index in [0.717, 1.165) is 22.5 Å². The van der Waals surface area contributed by atoms with E-state index in [9.17, 15) is 4.79 Å². The summed E-state index contributed by atoms with van der Waals surface area (Å²) in [5.41, 5.74) is 5.26. The fourth-order valence-electron chi connectivity index (χ4n) is 2.38. The highest BCUT2D eigenvalue weighted by Crippen LogP contribution is 2.27. The van der Waals surface area contributed by atoms with Crippen LogP contribution in [-0.2, 0) is 0 Å². The number of aromatic nitrogens is 2. The number of allylic oxidation sites excluding steroid dienone is 1. The summed E-state index contributed by atoms with van der Waals surface area (Å²) in [6.07, 6.45) is 3.25. The van der Waals surface area contributed by atoms with E-state index >= 15 is 0 Å². The van der Waals surface area contributed by atoms with Crippen LogP contribution in [0.1, 0.15) is 27.2 Å². The van der Waals surface area contributed by atoms with Crippen LogP contribution in [0.4, 0.5) is 0 Å². The van der Waals surface area contributed by atoms with E-state index in [-0.39, 0.29) is 5.78 Å². The molecule has 0 aliphatic heterocycles. The number of ketones is 1. The fourth-order valence-corrected chi connectivity index (χ4v) is 2.68. The molecule has 0 radical (unpaired) electrons. The zero-order valence-electron chi connectivity index (χ0n) is 13.8. The second kappa shape index (κ2) is 7.26. The second-order valence-corrected chi connectivity index (χ2v) is 6.65. The number of aromatic amines is 1. The van der Waals surface area contributed by atoms with E-state index < -0.39 is 0 Å². The van der Waals surface area contributed by atoms with Gasteiger partial charge >= 0.3 is 0 Å². The molecular weight excluding hydrogens is 355 g/mol. The number of carbonyl (C=O) groups is 1. The maximum Gasteiger partial charge on any atom is 0.185 e. The second-order valence-electron chi connectivity index (χ2n) is 5.83. The van der Waals surface area contributed by atoms with Gasteiger partial charge in [0.2, 0.25) is 0 Å². The van der Waals surface area contributed by atoms with Gasteiger partial charge in [0.15, 0.2) is 5.78 Å². The van der Waals surface area contributed by atoms with Crippen LogP contribution in [0.15, 0.2) is 48.5 Å². The lowest BCUT2D eigenvalue weighted by molar-refractivity contribution is 0.104. The molecule has 0 saturated carbocycles. The molecular formula is C20H16Cl2N2O. The molecule has 1 heterocycles. The lowest BCUT2D eigenvalue weighted by Gasteiger charge is -2.01. The summed E-state index contributed by atoms with van der Waals surface area (Å²) in [5.74, 6) is -0.0474. The van der Waals surface area contributed by atoms with Gasteiger partial charge in [-0.05, 0) is 61.4 Å². The van der Waals surface area contributed by atoms with Crippen LogP contribution in [0.3, 0.4) is 0 Å². The number of hydrogen-bond donors (Lipinski definition) is 1. The number of hydrogen-bond acceptors (Lipinski definition) is 2. The summed E-state index contributed by atoms with van der Waals surface area (Å²) in [6, 6.07) is 12.9. The zero-order valence-corrected chi connectivity index (χ0v) is 15.3. The van der Waals surface area contributed by atoms with E-state index in [0.29, 0.717) is 15.6 Å². The van der Waals surface area contributed by atoms with Crippen LogP contribution in [0.2, 0.25) is 10.0 Å². The monoisotopic (exact) mass is 370 g/mol. The summed E-state index contributed by atoms with van der Waals surface area (Å²) in [5, 5.41) is 8.12. The van der Waals surface area contributed by atoms with Gasteiger partial charge < -0.3 is 0 Å². The number of halogens is 2. The molecule has 5 heteroatoms. The zero-order chi connectivity index (χ0) is 18.0. The molecule has 0 aliphatic carbocycles. The number of nitrogens with zero attached hydrogens (tertiary/aromatic N) is 1. The van der Waals surface area contributed by atoms with E-state index in [4.69, 9.17) is 23.2 Å². The smallest absolute Gasteiger partial charge is 0.185 e. The Labute approximate surface area is 156 Å². The van der Waals surface area contributed by atoms with Gasteiger partial charge in [-0.25, -0.2) is 0 Å². The van der Waals surface area contributed by atoms with Crippen molar-refractivity contribution in [2.75, 3.05) is 0 Å². The molecule has 3 rings (SSSR count). The molecule has 0 fully saturated rings.